The fourth-order valence-electron chi connectivity index (χ4n) is 2.10. The minimum Gasteiger partial charge on any atom is -0.478 e. The number of hydrogen-bond donors (Lipinski definition) is 1. The van der Waals surface area contributed by atoms with Gasteiger partial charge in [-0.25, -0.2) is 9.18 Å². The molecule has 0 atom stereocenters. The Balaban J connectivity index is 2.32. The molecule has 1 fully saturated rings. The molecule has 1 aromatic rings. The molecule has 0 saturated carbocycles. The summed E-state index contributed by atoms with van der Waals surface area (Å²) in [7, 11) is 0. The summed E-state index contributed by atoms with van der Waals surface area (Å²) in [6.07, 6.45) is 3.03. The first kappa shape index (κ1) is 12.5. The number of carboxylic acids is 1. The van der Waals surface area contributed by atoms with Crippen molar-refractivity contribution in [2.45, 2.75) is 25.7 Å². The fraction of sp³-hybridized carbons (Fsp3) is 0.385. The number of amides is 1. The molecular weight excluding hydrogens is 237 g/mol. The van der Waals surface area contributed by atoms with Crippen molar-refractivity contribution in [2.24, 2.45) is 0 Å². The van der Waals surface area contributed by atoms with Gasteiger partial charge < -0.3 is 10.0 Å². The van der Waals surface area contributed by atoms with Gasteiger partial charge in [0.05, 0.1) is 11.3 Å². The Morgan fingerprint density at radius 2 is 2.06 bits per heavy atom. The van der Waals surface area contributed by atoms with Crippen LogP contribution in [0.25, 0.3) is 0 Å². The van der Waals surface area contributed by atoms with Gasteiger partial charge in [0, 0.05) is 13.0 Å². The number of carboxylic acid groups (broad SMARTS) is 1. The lowest BCUT2D eigenvalue weighted by Gasteiger charge is -2.21. The van der Waals surface area contributed by atoms with Gasteiger partial charge in [0.2, 0.25) is 5.91 Å². The van der Waals surface area contributed by atoms with Crippen LogP contribution in [-0.4, -0.2) is 23.5 Å². The van der Waals surface area contributed by atoms with Crippen molar-refractivity contribution < 1.29 is 19.1 Å². The zero-order chi connectivity index (χ0) is 13.1. The number of carbonyl (C=O) groups is 2. The number of aromatic carboxylic acids is 1. The predicted octanol–water partition coefficient (Wildman–Crippen LogP) is 2.43. The minimum absolute atomic E-state index is 0.102. The van der Waals surface area contributed by atoms with E-state index in [0.29, 0.717) is 13.0 Å². The molecule has 5 heteroatoms. The maximum atomic E-state index is 13.8. The van der Waals surface area contributed by atoms with E-state index in [2.05, 4.69) is 0 Å². The lowest BCUT2D eigenvalue weighted by Crippen LogP contribution is -2.30. The summed E-state index contributed by atoms with van der Waals surface area (Å²) < 4.78 is 13.8. The summed E-state index contributed by atoms with van der Waals surface area (Å²) in [4.78, 5) is 24.0. The highest BCUT2D eigenvalue weighted by Gasteiger charge is 2.21. The maximum absolute atomic E-state index is 13.8. The Morgan fingerprint density at radius 3 is 2.72 bits per heavy atom. The minimum atomic E-state index is -1.18. The summed E-state index contributed by atoms with van der Waals surface area (Å²) in [5, 5.41) is 8.76. The second kappa shape index (κ2) is 5.16. The Bertz CT molecular complexity index is 487. The Morgan fingerprint density at radius 1 is 1.28 bits per heavy atom. The molecule has 0 bridgehead atoms. The van der Waals surface area contributed by atoms with Gasteiger partial charge in [-0.05, 0) is 31.0 Å². The van der Waals surface area contributed by atoms with Gasteiger partial charge in [-0.2, -0.15) is 0 Å². The molecule has 4 nitrogen and oxygen atoms in total. The summed E-state index contributed by atoms with van der Waals surface area (Å²) in [6, 6.07) is 3.64. The molecule has 0 unspecified atom stereocenters. The first-order chi connectivity index (χ1) is 8.59. The van der Waals surface area contributed by atoms with E-state index in [1.165, 1.54) is 17.0 Å². The molecule has 0 spiro atoms. The number of benzene rings is 1. The average molecular weight is 251 g/mol. The third-order valence-corrected chi connectivity index (χ3v) is 3.06. The molecule has 0 aromatic heterocycles. The molecule has 1 aliphatic heterocycles. The lowest BCUT2D eigenvalue weighted by atomic mass is 10.1. The van der Waals surface area contributed by atoms with Gasteiger partial charge in [0.25, 0.3) is 0 Å². The van der Waals surface area contributed by atoms with Crippen LogP contribution in [-0.2, 0) is 4.79 Å². The third kappa shape index (κ3) is 2.50. The van der Waals surface area contributed by atoms with Crippen molar-refractivity contribution in [3.8, 4) is 0 Å². The maximum Gasteiger partial charge on any atom is 0.335 e. The summed E-state index contributed by atoms with van der Waals surface area (Å²) in [5.41, 5.74) is 0.0606. The Hall–Kier alpha value is -1.91. The van der Waals surface area contributed by atoms with Crippen LogP contribution in [0.5, 0.6) is 0 Å². The fourth-order valence-corrected chi connectivity index (χ4v) is 2.10. The summed E-state index contributed by atoms with van der Waals surface area (Å²) in [6.45, 7) is 0.488. The van der Waals surface area contributed by atoms with E-state index in [-0.39, 0.29) is 17.2 Å². The molecule has 0 radical (unpaired) electrons. The van der Waals surface area contributed by atoms with Crippen molar-refractivity contribution in [3.05, 3.63) is 29.6 Å². The first-order valence-corrected chi connectivity index (χ1v) is 5.93. The van der Waals surface area contributed by atoms with E-state index < -0.39 is 11.8 Å². The quantitative estimate of drug-likeness (QED) is 0.878. The van der Waals surface area contributed by atoms with Crippen LogP contribution in [0.1, 0.15) is 36.0 Å². The van der Waals surface area contributed by atoms with Crippen LogP contribution < -0.4 is 4.90 Å². The number of anilines is 1. The van der Waals surface area contributed by atoms with E-state index in [9.17, 15) is 14.0 Å². The van der Waals surface area contributed by atoms with Crippen molar-refractivity contribution in [3.63, 3.8) is 0 Å². The van der Waals surface area contributed by atoms with Gasteiger partial charge in [0.1, 0.15) is 5.82 Å². The van der Waals surface area contributed by atoms with Crippen molar-refractivity contribution in [1.29, 1.82) is 0 Å². The van der Waals surface area contributed by atoms with Crippen LogP contribution in [0.2, 0.25) is 0 Å². The highest BCUT2D eigenvalue weighted by molar-refractivity contribution is 5.94. The monoisotopic (exact) mass is 251 g/mol. The smallest absolute Gasteiger partial charge is 0.335 e. The summed E-state index contributed by atoms with van der Waals surface area (Å²) in [5.74, 6) is -1.94. The predicted molar refractivity (Wildman–Crippen MR) is 64.2 cm³/mol. The molecule has 2 rings (SSSR count). The van der Waals surface area contributed by atoms with E-state index in [4.69, 9.17) is 5.11 Å². The van der Waals surface area contributed by atoms with Gasteiger partial charge in [0.15, 0.2) is 0 Å². The second-order valence-electron chi connectivity index (χ2n) is 4.33. The van der Waals surface area contributed by atoms with Gasteiger partial charge >= 0.3 is 5.97 Å². The van der Waals surface area contributed by atoms with Crippen molar-refractivity contribution in [1.82, 2.24) is 0 Å². The lowest BCUT2D eigenvalue weighted by molar-refractivity contribution is -0.118. The average Bonchev–Trinajstić information content (AvgIpc) is 2.54. The molecule has 0 aliphatic carbocycles. The standard InChI is InChI=1S/C13H14FNO3/c14-10-8-9(13(17)18)5-6-11(10)15-7-3-1-2-4-12(15)16/h5-6,8H,1-4,7H2,(H,17,18). The highest BCUT2D eigenvalue weighted by atomic mass is 19.1. The molecule has 1 saturated heterocycles. The zero-order valence-electron chi connectivity index (χ0n) is 9.86. The second-order valence-corrected chi connectivity index (χ2v) is 4.33. The molecule has 18 heavy (non-hydrogen) atoms. The van der Waals surface area contributed by atoms with E-state index in [1.807, 2.05) is 0 Å². The molecule has 1 amide bonds. The normalized spacial score (nSPS) is 16.5. The molecule has 1 heterocycles. The van der Waals surface area contributed by atoms with Crippen molar-refractivity contribution in [2.75, 3.05) is 11.4 Å². The number of halogens is 1. The van der Waals surface area contributed by atoms with E-state index in [1.54, 1.807) is 0 Å². The number of carbonyl (C=O) groups excluding carboxylic acids is 1. The van der Waals surface area contributed by atoms with Crippen molar-refractivity contribution >= 4 is 17.6 Å². The number of nitrogens with zero attached hydrogens (tertiary/aromatic N) is 1. The molecule has 1 aliphatic rings. The SMILES string of the molecule is O=C(O)c1ccc(N2CCCCCC2=O)c(F)c1. The van der Waals surface area contributed by atoms with Crippen LogP contribution >= 0.6 is 0 Å². The van der Waals surface area contributed by atoms with E-state index in [0.717, 1.165) is 25.3 Å². The van der Waals surface area contributed by atoms with Crippen LogP contribution in [0.3, 0.4) is 0 Å². The Labute approximate surface area is 104 Å². The number of hydrogen-bond acceptors (Lipinski definition) is 2. The van der Waals surface area contributed by atoms with Gasteiger partial charge in [-0.3, -0.25) is 4.79 Å². The van der Waals surface area contributed by atoms with Crippen LogP contribution in [0.15, 0.2) is 18.2 Å². The number of rotatable bonds is 2. The summed E-state index contributed by atoms with van der Waals surface area (Å²) >= 11 is 0. The molecule has 96 valence electrons. The van der Waals surface area contributed by atoms with Gasteiger partial charge in [-0.15, -0.1) is 0 Å². The highest BCUT2D eigenvalue weighted by Crippen LogP contribution is 2.24. The third-order valence-electron chi connectivity index (χ3n) is 3.06. The largest absolute Gasteiger partial charge is 0.478 e. The van der Waals surface area contributed by atoms with Crippen LogP contribution in [0.4, 0.5) is 10.1 Å². The molecular formula is C13H14FNO3. The zero-order valence-corrected chi connectivity index (χ0v) is 9.86. The first-order valence-electron chi connectivity index (χ1n) is 5.93. The van der Waals surface area contributed by atoms with Gasteiger partial charge in [-0.1, -0.05) is 6.42 Å². The topological polar surface area (TPSA) is 57.6 Å². The Kier molecular flexibility index (Phi) is 3.60. The molecule has 1 N–H and O–H groups in total. The molecule has 1 aromatic carbocycles. The van der Waals surface area contributed by atoms with E-state index >= 15 is 0 Å². The van der Waals surface area contributed by atoms with Crippen LogP contribution in [0, 0.1) is 5.82 Å².